The van der Waals surface area contributed by atoms with Gasteiger partial charge < -0.3 is 10.3 Å². The van der Waals surface area contributed by atoms with Gasteiger partial charge in [-0.15, -0.1) is 0 Å². The summed E-state index contributed by atoms with van der Waals surface area (Å²) in [6.45, 7) is -0.487. The number of aromatic nitrogens is 2. The van der Waals surface area contributed by atoms with Gasteiger partial charge in [-0.3, -0.25) is 14.2 Å². The quantitative estimate of drug-likeness (QED) is 0.646. The third-order valence-corrected chi connectivity index (χ3v) is 7.64. The number of para-hydroxylation sites is 1. The molecule has 30 heavy (non-hydrogen) atoms. The summed E-state index contributed by atoms with van der Waals surface area (Å²) >= 11 is 0. The molecule has 0 bridgehead atoms. The first-order chi connectivity index (χ1) is 14.4. The van der Waals surface area contributed by atoms with Crippen molar-refractivity contribution in [3.63, 3.8) is 0 Å². The molecule has 0 radical (unpaired) electrons. The van der Waals surface area contributed by atoms with Crippen molar-refractivity contribution >= 4 is 32.3 Å². The van der Waals surface area contributed by atoms with Gasteiger partial charge in [0, 0.05) is 5.69 Å². The first kappa shape index (κ1) is 20.1. The number of amides is 1. The van der Waals surface area contributed by atoms with E-state index in [1.165, 1.54) is 12.1 Å². The average molecular weight is 427 g/mol. The van der Waals surface area contributed by atoms with Crippen LogP contribution in [0.15, 0.2) is 63.0 Å². The van der Waals surface area contributed by atoms with Gasteiger partial charge in [-0.05, 0) is 43.2 Å². The molecule has 0 atom stereocenters. The second-order valence-electron chi connectivity index (χ2n) is 7.39. The summed E-state index contributed by atoms with van der Waals surface area (Å²) in [5, 5.41) is 2.49. The van der Waals surface area contributed by atoms with E-state index >= 15 is 0 Å². The number of nitrogens with zero attached hydrogens (tertiary/aromatic N) is 1. The molecule has 1 heterocycles. The maximum absolute atomic E-state index is 12.8. The predicted octanol–water partition coefficient (Wildman–Crippen LogP) is 2.04. The Labute approximate surface area is 172 Å². The molecule has 156 valence electrons. The lowest BCUT2D eigenvalue weighted by Gasteiger charge is -2.13. The summed E-state index contributed by atoms with van der Waals surface area (Å²) in [6.07, 6.45) is 3.09. The summed E-state index contributed by atoms with van der Waals surface area (Å²) in [5.74, 6) is -0.603. The average Bonchev–Trinajstić information content (AvgIpc) is 3.27. The number of sulfone groups is 1. The molecular formula is C21H21N3O5S. The molecule has 2 N–H and O–H groups in total. The van der Waals surface area contributed by atoms with Gasteiger partial charge in [-0.25, -0.2) is 13.2 Å². The summed E-state index contributed by atoms with van der Waals surface area (Å²) in [4.78, 5) is 40.0. The highest BCUT2D eigenvalue weighted by Gasteiger charge is 2.30. The first-order valence-electron chi connectivity index (χ1n) is 9.72. The van der Waals surface area contributed by atoms with Gasteiger partial charge in [0.15, 0.2) is 9.84 Å². The number of fused-ring (bicyclic) bond motifs is 1. The predicted molar refractivity (Wildman–Crippen MR) is 113 cm³/mol. The van der Waals surface area contributed by atoms with E-state index in [2.05, 4.69) is 10.3 Å². The molecule has 3 aromatic rings. The van der Waals surface area contributed by atoms with Crippen LogP contribution in [-0.2, 0) is 21.2 Å². The molecular weight excluding hydrogens is 406 g/mol. The monoisotopic (exact) mass is 427 g/mol. The largest absolute Gasteiger partial charge is 0.329 e. The third kappa shape index (κ3) is 3.80. The van der Waals surface area contributed by atoms with E-state index in [1.807, 2.05) is 0 Å². The van der Waals surface area contributed by atoms with E-state index in [4.69, 9.17) is 0 Å². The Bertz CT molecular complexity index is 1330. The van der Waals surface area contributed by atoms with Crippen molar-refractivity contribution in [3.05, 3.63) is 69.4 Å². The number of H-pyrrole nitrogens is 1. The van der Waals surface area contributed by atoms with Crippen LogP contribution in [0.4, 0.5) is 5.69 Å². The van der Waals surface area contributed by atoms with E-state index in [0.717, 1.165) is 17.4 Å². The zero-order valence-electron chi connectivity index (χ0n) is 16.1. The standard InChI is InChI=1S/C21H21N3O5S/c25-19(13-24-20(26)17-10-3-4-11-18(17)23-21(24)27)22-14-6-5-9-16(12-14)30(28,29)15-7-1-2-8-15/h3-6,9-12,15H,1-2,7-8,13H2,(H,22,25)(H,23,27). The second-order valence-corrected chi connectivity index (χ2v) is 9.62. The molecule has 1 fully saturated rings. The van der Waals surface area contributed by atoms with Crippen molar-refractivity contribution in [2.24, 2.45) is 0 Å². The summed E-state index contributed by atoms with van der Waals surface area (Å²) in [5.41, 5.74) is -0.563. The summed E-state index contributed by atoms with van der Waals surface area (Å²) in [6, 6.07) is 12.6. The fraction of sp³-hybridized carbons (Fsp3) is 0.286. The molecule has 1 aliphatic carbocycles. The van der Waals surface area contributed by atoms with Crippen LogP contribution < -0.4 is 16.6 Å². The number of hydrogen-bond acceptors (Lipinski definition) is 5. The normalized spacial score (nSPS) is 14.8. The molecule has 0 aliphatic heterocycles. The number of anilines is 1. The summed E-state index contributed by atoms with van der Waals surface area (Å²) < 4.78 is 26.4. The maximum Gasteiger partial charge on any atom is 0.329 e. The SMILES string of the molecule is O=C(Cn1c(=O)[nH]c2ccccc2c1=O)Nc1cccc(S(=O)(=O)C2CCCC2)c1. The van der Waals surface area contributed by atoms with Crippen LogP contribution in [0.2, 0.25) is 0 Å². The molecule has 4 rings (SSSR count). The number of rotatable bonds is 5. The lowest BCUT2D eigenvalue weighted by molar-refractivity contribution is -0.116. The molecule has 0 saturated heterocycles. The number of nitrogens with one attached hydrogen (secondary N) is 2. The van der Waals surface area contributed by atoms with Crippen molar-refractivity contribution in [2.75, 3.05) is 5.32 Å². The fourth-order valence-corrected chi connectivity index (χ4v) is 5.73. The number of carbonyl (C=O) groups excluding carboxylic acids is 1. The molecule has 0 spiro atoms. The van der Waals surface area contributed by atoms with Crippen LogP contribution in [-0.4, -0.2) is 29.1 Å². The van der Waals surface area contributed by atoms with Crippen LogP contribution >= 0.6 is 0 Å². The second kappa shape index (κ2) is 7.91. The van der Waals surface area contributed by atoms with Gasteiger partial charge in [0.05, 0.1) is 21.0 Å². The highest BCUT2D eigenvalue weighted by Crippen LogP contribution is 2.30. The lowest BCUT2D eigenvalue weighted by Crippen LogP contribution is -2.38. The van der Waals surface area contributed by atoms with Crippen molar-refractivity contribution in [1.29, 1.82) is 0 Å². The van der Waals surface area contributed by atoms with E-state index in [1.54, 1.807) is 36.4 Å². The van der Waals surface area contributed by atoms with E-state index in [-0.39, 0.29) is 4.90 Å². The van der Waals surface area contributed by atoms with E-state index in [0.29, 0.717) is 29.4 Å². The molecule has 1 saturated carbocycles. The van der Waals surface area contributed by atoms with Gasteiger partial charge in [-0.2, -0.15) is 0 Å². The summed E-state index contributed by atoms with van der Waals surface area (Å²) in [7, 11) is -3.46. The van der Waals surface area contributed by atoms with E-state index in [9.17, 15) is 22.8 Å². The molecule has 1 amide bonds. The third-order valence-electron chi connectivity index (χ3n) is 5.38. The van der Waals surface area contributed by atoms with Crippen molar-refractivity contribution in [3.8, 4) is 0 Å². The van der Waals surface area contributed by atoms with Gasteiger partial charge in [-0.1, -0.05) is 31.0 Å². The van der Waals surface area contributed by atoms with E-state index < -0.39 is 38.8 Å². The zero-order valence-corrected chi connectivity index (χ0v) is 16.9. The van der Waals surface area contributed by atoms with Gasteiger partial charge >= 0.3 is 5.69 Å². The number of benzene rings is 2. The Morgan fingerprint density at radius 1 is 1.07 bits per heavy atom. The Hall–Kier alpha value is -3.20. The minimum Gasteiger partial charge on any atom is -0.324 e. The lowest BCUT2D eigenvalue weighted by atomic mass is 10.2. The van der Waals surface area contributed by atoms with Crippen LogP contribution in [0.5, 0.6) is 0 Å². The molecule has 8 nitrogen and oxygen atoms in total. The first-order valence-corrected chi connectivity index (χ1v) is 11.3. The smallest absolute Gasteiger partial charge is 0.324 e. The van der Waals surface area contributed by atoms with Crippen LogP contribution in [0.1, 0.15) is 25.7 Å². The Morgan fingerprint density at radius 2 is 1.80 bits per heavy atom. The Morgan fingerprint density at radius 3 is 2.57 bits per heavy atom. The van der Waals surface area contributed by atoms with Gasteiger partial charge in [0.2, 0.25) is 5.91 Å². The number of hydrogen-bond donors (Lipinski definition) is 2. The highest BCUT2D eigenvalue weighted by molar-refractivity contribution is 7.92. The number of aromatic amines is 1. The Balaban J connectivity index is 1.56. The van der Waals surface area contributed by atoms with Crippen LogP contribution in [0.25, 0.3) is 10.9 Å². The van der Waals surface area contributed by atoms with Gasteiger partial charge in [0.25, 0.3) is 5.56 Å². The van der Waals surface area contributed by atoms with Crippen molar-refractivity contribution in [2.45, 2.75) is 42.4 Å². The number of carbonyl (C=O) groups is 1. The topological polar surface area (TPSA) is 118 Å². The van der Waals surface area contributed by atoms with Crippen LogP contribution in [0, 0.1) is 0 Å². The maximum atomic E-state index is 12.8. The molecule has 1 aromatic heterocycles. The minimum absolute atomic E-state index is 0.160. The fourth-order valence-electron chi connectivity index (χ4n) is 3.83. The molecule has 9 heteroatoms. The van der Waals surface area contributed by atoms with Crippen LogP contribution in [0.3, 0.4) is 0 Å². The Kier molecular flexibility index (Phi) is 5.29. The molecule has 1 aliphatic rings. The molecule has 2 aromatic carbocycles. The van der Waals surface area contributed by atoms with Gasteiger partial charge in [0.1, 0.15) is 6.54 Å². The van der Waals surface area contributed by atoms with Crippen molar-refractivity contribution in [1.82, 2.24) is 9.55 Å². The highest BCUT2D eigenvalue weighted by atomic mass is 32.2. The minimum atomic E-state index is -3.46. The zero-order chi connectivity index (χ0) is 21.3. The van der Waals surface area contributed by atoms with Crippen molar-refractivity contribution < 1.29 is 13.2 Å². The molecule has 0 unspecified atom stereocenters.